The van der Waals surface area contributed by atoms with Crippen LogP contribution in [0, 0.1) is 25.7 Å². The van der Waals surface area contributed by atoms with Crippen LogP contribution in [0.5, 0.6) is 0 Å². The summed E-state index contributed by atoms with van der Waals surface area (Å²) in [4.78, 5) is 14.2. The van der Waals surface area contributed by atoms with Crippen LogP contribution in [0.15, 0.2) is 98.1 Å². The molecule has 11 nitrogen and oxygen atoms in total. The van der Waals surface area contributed by atoms with Crippen LogP contribution in [0.4, 0.5) is 4.79 Å². The fraction of sp³-hybridized carbons (Fsp3) is 0.408. The van der Waals surface area contributed by atoms with E-state index in [0.29, 0.717) is 65.7 Å². The van der Waals surface area contributed by atoms with E-state index in [9.17, 15) is 4.79 Å². The average Bonchev–Trinajstić information content (AvgIpc) is 3.32. The van der Waals surface area contributed by atoms with Crippen molar-refractivity contribution in [3.8, 4) is 0 Å². The summed E-state index contributed by atoms with van der Waals surface area (Å²) in [6.07, 6.45) is 2.97. The second-order valence-corrected chi connectivity index (χ2v) is 16.5. The highest BCUT2D eigenvalue weighted by atomic mass is 16.7. The smallest absolute Gasteiger partial charge is 0.430 e. The molecule has 324 valence electrons. The number of benzene rings is 4. The molecule has 4 aliphatic rings. The van der Waals surface area contributed by atoms with Gasteiger partial charge < -0.3 is 47.0 Å². The molecule has 0 aromatic heterocycles. The molecule has 4 saturated heterocycles. The summed E-state index contributed by atoms with van der Waals surface area (Å²) in [6.45, 7) is 15.9. The number of hydrogen-bond acceptors (Lipinski definition) is 11. The van der Waals surface area contributed by atoms with Gasteiger partial charge >= 0.3 is 20.4 Å². The summed E-state index contributed by atoms with van der Waals surface area (Å²) in [5, 5.41) is 0. The van der Waals surface area contributed by atoms with Gasteiger partial charge in [0.25, 0.3) is 0 Å². The normalized spacial score (nSPS) is 22.9. The SMILES string of the molecule is C=Cc1cc(C)ccc1C1OCC(C(Cc2ccc(B3OCCCO3)cc2)OC(=O)OC(Cc2ccc(B3OCCCO3)cc2)C2COC(c3ccc(C)cc3C=C)OC2)CO1. The van der Waals surface area contributed by atoms with Crippen molar-refractivity contribution < 1.29 is 51.8 Å². The third kappa shape index (κ3) is 11.1. The molecule has 8 rings (SSSR count). The van der Waals surface area contributed by atoms with Crippen LogP contribution in [0.2, 0.25) is 0 Å². The quantitative estimate of drug-likeness (QED) is 0.0947. The van der Waals surface area contributed by atoms with Crippen molar-refractivity contribution in [2.45, 2.75) is 64.3 Å². The van der Waals surface area contributed by atoms with Gasteiger partial charge in [0.1, 0.15) is 12.2 Å². The third-order valence-corrected chi connectivity index (χ3v) is 11.9. The monoisotopic (exact) mass is 842 g/mol. The Morgan fingerprint density at radius 3 is 1.32 bits per heavy atom. The second kappa shape index (κ2) is 21.2. The van der Waals surface area contributed by atoms with Crippen LogP contribution in [0.3, 0.4) is 0 Å². The molecule has 13 heteroatoms. The van der Waals surface area contributed by atoms with Gasteiger partial charge in [-0.15, -0.1) is 0 Å². The average molecular weight is 843 g/mol. The number of rotatable bonds is 14. The van der Waals surface area contributed by atoms with Crippen LogP contribution in [-0.4, -0.2) is 85.5 Å². The summed E-state index contributed by atoms with van der Waals surface area (Å²) < 4.78 is 61.3. The number of ether oxygens (including phenoxy) is 6. The highest BCUT2D eigenvalue weighted by Crippen LogP contribution is 2.34. The van der Waals surface area contributed by atoms with Gasteiger partial charge in [-0.25, -0.2) is 4.79 Å². The van der Waals surface area contributed by atoms with E-state index in [1.54, 1.807) is 0 Å². The molecule has 0 bridgehead atoms. The molecule has 0 spiro atoms. The van der Waals surface area contributed by atoms with Gasteiger partial charge in [-0.2, -0.15) is 0 Å². The molecule has 4 aromatic carbocycles. The van der Waals surface area contributed by atoms with E-state index < -0.39 is 45.2 Å². The van der Waals surface area contributed by atoms with E-state index in [1.165, 1.54) is 0 Å². The summed E-state index contributed by atoms with van der Waals surface area (Å²) in [5.41, 5.74) is 9.76. The van der Waals surface area contributed by atoms with Crippen molar-refractivity contribution in [1.29, 1.82) is 0 Å². The molecular weight excluding hydrogens is 786 g/mol. The zero-order chi connectivity index (χ0) is 42.8. The molecule has 4 fully saturated rings. The molecule has 2 atom stereocenters. The first-order valence-corrected chi connectivity index (χ1v) is 21.8. The zero-order valence-corrected chi connectivity index (χ0v) is 35.7. The predicted octanol–water partition coefficient (Wildman–Crippen LogP) is 7.25. The molecule has 0 aliphatic carbocycles. The standard InChI is InChI=1S/C49H56B2O11/c1-5-37-25-33(3)9-19-43(37)47-53-29-39(30-54-47)45(27-35-11-15-41(16-12-35)50-57-21-7-22-58-50)61-49(52)62-46(28-36-13-17-42(18-14-36)51-59-23-8-24-60-51)40-31-55-48(56-32-40)44-20-10-34(4)26-38(44)6-2/h5-6,9-20,25-26,39-40,45-48H,1-2,7-8,21-24,27-32H2,3-4H3. The van der Waals surface area contributed by atoms with E-state index in [4.69, 9.17) is 47.0 Å². The van der Waals surface area contributed by atoms with Gasteiger partial charge in [0, 0.05) is 62.2 Å². The van der Waals surface area contributed by atoms with Gasteiger partial charge in [-0.3, -0.25) is 0 Å². The van der Waals surface area contributed by atoms with E-state index in [-0.39, 0.29) is 11.8 Å². The lowest BCUT2D eigenvalue weighted by Crippen LogP contribution is -2.42. The summed E-state index contributed by atoms with van der Waals surface area (Å²) >= 11 is 0. The first-order valence-electron chi connectivity index (χ1n) is 21.8. The Morgan fingerprint density at radius 2 is 0.968 bits per heavy atom. The van der Waals surface area contributed by atoms with Crippen LogP contribution in [0.1, 0.15) is 69.9 Å². The minimum atomic E-state index is -0.787. The molecule has 4 heterocycles. The minimum Gasteiger partial charge on any atom is -0.430 e. The van der Waals surface area contributed by atoms with Crippen molar-refractivity contribution in [2.24, 2.45) is 11.8 Å². The molecule has 4 aromatic rings. The Bertz CT molecular complexity index is 1950. The maximum Gasteiger partial charge on any atom is 0.508 e. The van der Waals surface area contributed by atoms with Crippen molar-refractivity contribution in [2.75, 3.05) is 52.9 Å². The van der Waals surface area contributed by atoms with E-state index in [1.807, 2.05) is 98.8 Å². The first kappa shape index (κ1) is 44.1. The van der Waals surface area contributed by atoms with E-state index in [2.05, 4.69) is 25.3 Å². The summed E-state index contributed by atoms with van der Waals surface area (Å²) in [6, 6.07) is 28.3. The maximum absolute atomic E-state index is 14.2. The van der Waals surface area contributed by atoms with Gasteiger partial charge in [0.2, 0.25) is 0 Å². The summed E-state index contributed by atoms with van der Waals surface area (Å²) in [7, 11) is -0.796. The predicted molar refractivity (Wildman–Crippen MR) is 238 cm³/mol. The zero-order valence-electron chi connectivity index (χ0n) is 35.7. The van der Waals surface area contributed by atoms with Crippen LogP contribution in [0.25, 0.3) is 12.2 Å². The number of aryl methyl sites for hydroxylation is 2. The van der Waals surface area contributed by atoms with Gasteiger partial charge in [-0.05, 0) is 59.9 Å². The fourth-order valence-corrected chi connectivity index (χ4v) is 8.33. The lowest BCUT2D eigenvalue weighted by atomic mass is 9.77. The largest absolute Gasteiger partial charge is 0.508 e. The third-order valence-electron chi connectivity index (χ3n) is 11.9. The molecule has 0 amide bonds. The Morgan fingerprint density at radius 1 is 0.597 bits per heavy atom. The second-order valence-electron chi connectivity index (χ2n) is 16.5. The van der Waals surface area contributed by atoms with Crippen molar-refractivity contribution in [3.05, 3.63) is 143 Å². The van der Waals surface area contributed by atoms with Crippen LogP contribution < -0.4 is 10.9 Å². The Kier molecular flexibility index (Phi) is 15.1. The lowest BCUT2D eigenvalue weighted by Gasteiger charge is -2.36. The molecule has 2 unspecified atom stereocenters. The van der Waals surface area contributed by atoms with Crippen LogP contribution >= 0.6 is 0 Å². The topological polar surface area (TPSA) is 109 Å². The van der Waals surface area contributed by atoms with E-state index in [0.717, 1.165) is 68.3 Å². The van der Waals surface area contributed by atoms with Crippen molar-refractivity contribution >= 4 is 43.5 Å². The Labute approximate surface area is 365 Å². The fourth-order valence-electron chi connectivity index (χ4n) is 8.33. The van der Waals surface area contributed by atoms with E-state index >= 15 is 0 Å². The molecule has 62 heavy (non-hydrogen) atoms. The molecule has 0 N–H and O–H groups in total. The maximum atomic E-state index is 14.2. The number of carbonyl (C=O) groups excluding carboxylic acids is 1. The van der Waals surface area contributed by atoms with Gasteiger partial charge in [0.05, 0.1) is 26.4 Å². The Balaban J connectivity index is 0.993. The molecule has 4 aliphatic heterocycles. The minimum absolute atomic E-state index is 0.285. The van der Waals surface area contributed by atoms with Gasteiger partial charge in [-0.1, -0.05) is 121 Å². The van der Waals surface area contributed by atoms with Crippen molar-refractivity contribution in [3.63, 3.8) is 0 Å². The first-order chi connectivity index (χ1) is 30.3. The molecule has 0 radical (unpaired) electrons. The highest BCUT2D eigenvalue weighted by molar-refractivity contribution is 6.61. The molecule has 0 saturated carbocycles. The van der Waals surface area contributed by atoms with Crippen LogP contribution in [-0.2, 0) is 59.9 Å². The lowest BCUT2D eigenvalue weighted by molar-refractivity contribution is -0.225. The van der Waals surface area contributed by atoms with Gasteiger partial charge in [0.15, 0.2) is 12.6 Å². The van der Waals surface area contributed by atoms with Crippen molar-refractivity contribution in [1.82, 2.24) is 0 Å². The highest BCUT2D eigenvalue weighted by Gasteiger charge is 2.37. The number of hydrogen-bond donors (Lipinski definition) is 0. The molecular formula is C49H56B2O11. The number of carbonyl (C=O) groups is 1. The Hall–Kier alpha value is -4.56. The summed E-state index contributed by atoms with van der Waals surface area (Å²) in [5.74, 6) is -0.570.